The smallest absolute Gasteiger partial charge is 0.284 e. The zero-order valence-corrected chi connectivity index (χ0v) is 12.4. The molecule has 112 valence electrons. The summed E-state index contributed by atoms with van der Waals surface area (Å²) < 4.78 is 29.8. The first-order chi connectivity index (χ1) is 10.2. The van der Waals surface area contributed by atoms with Crippen molar-refractivity contribution < 1.29 is 13.2 Å². The van der Waals surface area contributed by atoms with Crippen LogP contribution < -0.4 is 5.32 Å². The van der Waals surface area contributed by atoms with E-state index in [9.17, 15) is 8.78 Å². The van der Waals surface area contributed by atoms with Crippen molar-refractivity contribution in [3.8, 4) is 0 Å². The second kappa shape index (κ2) is 6.52. The molecule has 0 saturated heterocycles. The summed E-state index contributed by atoms with van der Waals surface area (Å²) in [7, 11) is 0. The Labute approximate surface area is 126 Å². The number of benzene rings is 1. The number of aryl methyl sites for hydroxylation is 2. The van der Waals surface area contributed by atoms with Crippen LogP contribution in [0.4, 0.5) is 14.5 Å². The Balaban J connectivity index is 1.55. The highest BCUT2D eigenvalue weighted by Gasteiger charge is 2.11. The normalized spacial score (nSPS) is 13.7. The predicted molar refractivity (Wildman–Crippen MR) is 81.8 cm³/mol. The molecule has 1 heterocycles. The molecule has 2 aromatic rings. The van der Waals surface area contributed by atoms with Crippen molar-refractivity contribution in [2.75, 3.05) is 5.32 Å². The molecule has 0 bridgehead atoms. The summed E-state index contributed by atoms with van der Waals surface area (Å²) in [4.78, 5) is 0. The van der Waals surface area contributed by atoms with Crippen LogP contribution in [0, 0.1) is 0 Å². The monoisotopic (exact) mass is 309 g/mol. The van der Waals surface area contributed by atoms with Crippen molar-refractivity contribution in [3.63, 3.8) is 0 Å². The summed E-state index contributed by atoms with van der Waals surface area (Å²) in [6.07, 6.45) is 3.57. The fraction of sp³-hybridized carbons (Fsp3) is 0.375. The van der Waals surface area contributed by atoms with E-state index in [0.29, 0.717) is 24.1 Å². The summed E-state index contributed by atoms with van der Waals surface area (Å²) >= 11 is 0.578. The van der Waals surface area contributed by atoms with Gasteiger partial charge in [-0.2, -0.15) is 8.78 Å². The molecule has 0 aliphatic heterocycles. The molecule has 0 saturated carbocycles. The van der Waals surface area contributed by atoms with Gasteiger partial charge in [-0.3, -0.25) is 0 Å². The lowest BCUT2D eigenvalue weighted by Gasteiger charge is -2.07. The lowest BCUT2D eigenvalue weighted by Crippen LogP contribution is -1.98. The Bertz CT molecular complexity index is 612. The minimum absolute atomic E-state index is 0.205. The first-order valence-corrected chi connectivity index (χ1v) is 8.08. The van der Waals surface area contributed by atoms with Crippen molar-refractivity contribution in [1.29, 1.82) is 0 Å². The number of hydrogen-bond donors (Lipinski definition) is 1. The molecule has 1 aliphatic carbocycles. The van der Waals surface area contributed by atoms with Crippen LogP contribution in [0.15, 0.2) is 34.7 Å². The van der Waals surface area contributed by atoms with Crippen LogP contribution >= 0.6 is 11.8 Å². The minimum Gasteiger partial charge on any atom is -0.463 e. The number of halogens is 2. The Morgan fingerprint density at radius 1 is 1.10 bits per heavy atom. The highest BCUT2D eigenvalue weighted by Crippen LogP contribution is 2.25. The number of hydrogen-bond acceptors (Lipinski definition) is 3. The van der Waals surface area contributed by atoms with Crippen LogP contribution in [0.1, 0.15) is 29.1 Å². The van der Waals surface area contributed by atoms with Crippen LogP contribution in [0.5, 0.6) is 0 Å². The van der Waals surface area contributed by atoms with E-state index in [1.807, 2.05) is 6.07 Å². The molecule has 1 aromatic heterocycles. The number of alkyl halides is 2. The maximum absolute atomic E-state index is 12.1. The van der Waals surface area contributed by atoms with Gasteiger partial charge in [-0.25, -0.2) is 0 Å². The van der Waals surface area contributed by atoms with Crippen molar-refractivity contribution in [1.82, 2.24) is 0 Å². The number of fused-ring (bicyclic) bond motifs is 1. The maximum atomic E-state index is 12.1. The Kier molecular flexibility index (Phi) is 4.48. The first kappa shape index (κ1) is 14.4. The molecule has 1 aromatic carbocycles. The molecular weight excluding hydrogens is 292 g/mol. The van der Waals surface area contributed by atoms with E-state index in [2.05, 4.69) is 23.5 Å². The predicted octanol–water partition coefficient (Wildman–Crippen LogP) is 4.84. The minimum atomic E-state index is -2.36. The number of anilines is 1. The summed E-state index contributed by atoms with van der Waals surface area (Å²) in [5.41, 5.74) is 3.95. The Morgan fingerprint density at radius 3 is 2.76 bits per heavy atom. The van der Waals surface area contributed by atoms with Gasteiger partial charge in [0, 0.05) is 5.69 Å². The third-order valence-electron chi connectivity index (χ3n) is 3.63. The van der Waals surface area contributed by atoms with Gasteiger partial charge < -0.3 is 9.73 Å². The summed E-state index contributed by atoms with van der Waals surface area (Å²) in [5.74, 6) is -0.800. The van der Waals surface area contributed by atoms with Gasteiger partial charge in [0.15, 0.2) is 0 Å². The second-order valence-corrected chi connectivity index (χ2v) is 6.11. The molecule has 0 radical (unpaired) electrons. The highest BCUT2D eigenvalue weighted by atomic mass is 32.2. The van der Waals surface area contributed by atoms with E-state index in [1.165, 1.54) is 24.0 Å². The second-order valence-electron chi connectivity index (χ2n) is 5.13. The van der Waals surface area contributed by atoms with Crippen molar-refractivity contribution in [2.24, 2.45) is 0 Å². The van der Waals surface area contributed by atoms with Gasteiger partial charge >= 0.3 is 0 Å². The summed E-state index contributed by atoms with van der Waals surface area (Å²) in [5, 5.41) is 3.32. The molecule has 2 nitrogen and oxygen atoms in total. The Hall–Kier alpha value is -1.49. The molecule has 1 N–H and O–H groups in total. The number of rotatable bonds is 6. The zero-order valence-electron chi connectivity index (χ0n) is 11.6. The van der Waals surface area contributed by atoms with Gasteiger partial charge in [0.05, 0.1) is 12.3 Å². The highest BCUT2D eigenvalue weighted by molar-refractivity contribution is 7.98. The maximum Gasteiger partial charge on any atom is 0.284 e. The topological polar surface area (TPSA) is 25.2 Å². The molecule has 0 unspecified atom stereocenters. The first-order valence-electron chi connectivity index (χ1n) is 7.04. The number of furan rings is 1. The van der Waals surface area contributed by atoms with Crippen LogP contribution in [-0.2, 0) is 25.1 Å². The van der Waals surface area contributed by atoms with Crippen LogP contribution in [0.3, 0.4) is 0 Å². The van der Waals surface area contributed by atoms with Gasteiger partial charge in [0.25, 0.3) is 5.76 Å². The van der Waals surface area contributed by atoms with Crippen molar-refractivity contribution in [3.05, 3.63) is 53.0 Å². The van der Waals surface area contributed by atoms with Crippen molar-refractivity contribution in [2.45, 2.75) is 37.3 Å². The lowest BCUT2D eigenvalue weighted by molar-refractivity contribution is 0.251. The van der Waals surface area contributed by atoms with E-state index < -0.39 is 5.76 Å². The van der Waals surface area contributed by atoms with Crippen LogP contribution in [-0.4, -0.2) is 5.76 Å². The Morgan fingerprint density at radius 2 is 1.90 bits per heavy atom. The van der Waals surface area contributed by atoms with E-state index >= 15 is 0 Å². The van der Waals surface area contributed by atoms with E-state index in [4.69, 9.17) is 4.42 Å². The average Bonchev–Trinajstić information content (AvgIpc) is 3.11. The molecule has 0 spiro atoms. The van der Waals surface area contributed by atoms with Crippen LogP contribution in [0.25, 0.3) is 0 Å². The number of thioether (sulfide) groups is 1. The molecule has 3 rings (SSSR count). The molecule has 21 heavy (non-hydrogen) atoms. The molecule has 1 aliphatic rings. The SMILES string of the molecule is FC(F)SCc1ccc(CNc2ccc3c(c2)CCC3)o1. The molecule has 5 heteroatoms. The van der Waals surface area contributed by atoms with E-state index in [1.54, 1.807) is 6.07 Å². The quantitative estimate of drug-likeness (QED) is 0.827. The largest absolute Gasteiger partial charge is 0.463 e. The fourth-order valence-electron chi connectivity index (χ4n) is 2.61. The molecule has 0 fully saturated rings. The standard InChI is InChI=1S/C16H17F2NOS/c17-16(18)21-10-15-7-6-14(20-15)9-19-13-5-4-11-2-1-3-12(11)8-13/h4-8,16,19H,1-3,9-10H2. The van der Waals surface area contributed by atoms with E-state index in [0.717, 1.165) is 17.9 Å². The third-order valence-corrected chi connectivity index (χ3v) is 4.34. The average molecular weight is 309 g/mol. The summed E-state index contributed by atoms with van der Waals surface area (Å²) in [6.45, 7) is 0.568. The van der Waals surface area contributed by atoms with Gasteiger partial charge in [-0.15, -0.1) is 0 Å². The third kappa shape index (κ3) is 3.79. The number of nitrogens with one attached hydrogen (secondary N) is 1. The zero-order chi connectivity index (χ0) is 14.7. The molecular formula is C16H17F2NOS. The van der Waals surface area contributed by atoms with Gasteiger partial charge in [-0.05, 0) is 54.7 Å². The van der Waals surface area contributed by atoms with Gasteiger partial charge in [0.2, 0.25) is 0 Å². The fourth-order valence-corrected chi connectivity index (χ4v) is 3.06. The van der Waals surface area contributed by atoms with Crippen molar-refractivity contribution >= 4 is 17.4 Å². The van der Waals surface area contributed by atoms with Gasteiger partial charge in [0.1, 0.15) is 11.5 Å². The molecule has 0 atom stereocenters. The summed E-state index contributed by atoms with van der Waals surface area (Å²) in [6, 6.07) is 10.0. The lowest BCUT2D eigenvalue weighted by atomic mass is 10.1. The van der Waals surface area contributed by atoms with Gasteiger partial charge in [-0.1, -0.05) is 17.8 Å². The van der Waals surface area contributed by atoms with E-state index in [-0.39, 0.29) is 5.75 Å². The van der Waals surface area contributed by atoms with Crippen LogP contribution in [0.2, 0.25) is 0 Å². The molecule has 0 amide bonds.